The topological polar surface area (TPSA) is 21.3 Å². The maximum absolute atomic E-state index is 5.98. The first-order valence-corrected chi connectivity index (χ1v) is 6.80. The molecule has 1 atom stereocenters. The van der Waals surface area contributed by atoms with Crippen molar-refractivity contribution in [2.75, 3.05) is 13.2 Å². The molecule has 0 fully saturated rings. The molecule has 1 rings (SSSR count). The van der Waals surface area contributed by atoms with E-state index in [1.807, 2.05) is 25.1 Å². The quantitative estimate of drug-likeness (QED) is 0.871. The van der Waals surface area contributed by atoms with Crippen LogP contribution < -0.4 is 10.1 Å². The Morgan fingerprint density at radius 3 is 2.56 bits per heavy atom. The number of benzene rings is 1. The lowest BCUT2D eigenvalue weighted by Gasteiger charge is -2.23. The minimum Gasteiger partial charge on any atom is -0.493 e. The molecule has 0 saturated carbocycles. The average Bonchev–Trinajstić information content (AvgIpc) is 2.27. The summed E-state index contributed by atoms with van der Waals surface area (Å²) in [6.45, 7) is 12.3. The molecule has 0 amide bonds. The van der Waals surface area contributed by atoms with Crippen LogP contribution >= 0.6 is 11.6 Å². The molecular formula is C15H24ClNO. The Bertz CT molecular complexity index is 385. The van der Waals surface area contributed by atoms with Crippen LogP contribution in [0.1, 0.15) is 33.3 Å². The van der Waals surface area contributed by atoms with Crippen molar-refractivity contribution in [3.63, 3.8) is 0 Å². The predicted molar refractivity (Wildman–Crippen MR) is 78.6 cm³/mol. The Kier molecular flexibility index (Phi) is 5.48. The third-order valence-electron chi connectivity index (χ3n) is 2.64. The maximum Gasteiger partial charge on any atom is 0.119 e. The third kappa shape index (κ3) is 5.74. The largest absolute Gasteiger partial charge is 0.493 e. The second-order valence-corrected chi connectivity index (χ2v) is 6.37. The van der Waals surface area contributed by atoms with Crippen LogP contribution in [0, 0.1) is 12.8 Å². The molecule has 0 aliphatic heterocycles. The van der Waals surface area contributed by atoms with Crippen LogP contribution in [0.15, 0.2) is 18.2 Å². The van der Waals surface area contributed by atoms with Crippen LogP contribution in [0.5, 0.6) is 5.75 Å². The number of nitrogens with one attached hydrogen (secondary N) is 1. The van der Waals surface area contributed by atoms with Gasteiger partial charge in [-0.05, 0) is 51.5 Å². The smallest absolute Gasteiger partial charge is 0.119 e. The maximum atomic E-state index is 5.98. The molecule has 0 spiro atoms. The monoisotopic (exact) mass is 269 g/mol. The molecule has 102 valence electrons. The van der Waals surface area contributed by atoms with Gasteiger partial charge in [0.05, 0.1) is 6.61 Å². The van der Waals surface area contributed by atoms with Gasteiger partial charge < -0.3 is 10.1 Å². The molecule has 1 N–H and O–H groups in total. The van der Waals surface area contributed by atoms with Gasteiger partial charge in [-0.1, -0.05) is 18.5 Å². The normalized spacial score (nSPS) is 13.4. The fraction of sp³-hybridized carbons (Fsp3) is 0.600. The number of hydrogen-bond acceptors (Lipinski definition) is 2. The molecule has 1 unspecified atom stereocenters. The van der Waals surface area contributed by atoms with Gasteiger partial charge in [-0.25, -0.2) is 0 Å². The molecule has 0 bridgehead atoms. The van der Waals surface area contributed by atoms with Gasteiger partial charge in [-0.2, -0.15) is 0 Å². The zero-order valence-electron chi connectivity index (χ0n) is 12.0. The molecule has 0 heterocycles. The van der Waals surface area contributed by atoms with Crippen molar-refractivity contribution >= 4 is 11.6 Å². The lowest BCUT2D eigenvalue weighted by Crippen LogP contribution is -2.39. The van der Waals surface area contributed by atoms with E-state index in [2.05, 4.69) is 33.0 Å². The first-order chi connectivity index (χ1) is 8.28. The van der Waals surface area contributed by atoms with Crippen LogP contribution in [0.25, 0.3) is 0 Å². The highest BCUT2D eigenvalue weighted by Gasteiger charge is 2.11. The molecular weight excluding hydrogens is 246 g/mol. The van der Waals surface area contributed by atoms with E-state index in [9.17, 15) is 0 Å². The highest BCUT2D eigenvalue weighted by Crippen LogP contribution is 2.21. The molecule has 0 aromatic heterocycles. The van der Waals surface area contributed by atoms with Crippen LogP contribution in [0.2, 0.25) is 5.02 Å². The first-order valence-electron chi connectivity index (χ1n) is 6.42. The zero-order valence-corrected chi connectivity index (χ0v) is 12.8. The fourth-order valence-electron chi connectivity index (χ4n) is 1.48. The van der Waals surface area contributed by atoms with Crippen LogP contribution in [-0.2, 0) is 0 Å². The Labute approximate surface area is 116 Å². The highest BCUT2D eigenvalue weighted by atomic mass is 35.5. The lowest BCUT2D eigenvalue weighted by molar-refractivity contribution is 0.244. The molecule has 3 heteroatoms. The summed E-state index contributed by atoms with van der Waals surface area (Å²) in [6.07, 6.45) is 0. The Morgan fingerprint density at radius 1 is 1.33 bits per heavy atom. The number of halogens is 1. The van der Waals surface area contributed by atoms with E-state index < -0.39 is 0 Å². The molecule has 1 aromatic carbocycles. The molecule has 0 saturated heterocycles. The Balaban J connectivity index is 2.38. The SMILES string of the molecule is Cc1cc(OCC(C)CNC(C)(C)C)ccc1Cl. The van der Waals surface area contributed by atoms with Crippen LogP contribution in [-0.4, -0.2) is 18.7 Å². The molecule has 1 aromatic rings. The second-order valence-electron chi connectivity index (χ2n) is 5.96. The van der Waals surface area contributed by atoms with Crippen molar-refractivity contribution in [1.82, 2.24) is 5.32 Å². The summed E-state index contributed by atoms with van der Waals surface area (Å²) in [4.78, 5) is 0. The summed E-state index contributed by atoms with van der Waals surface area (Å²) in [6, 6.07) is 5.77. The Hall–Kier alpha value is -0.730. The number of ether oxygens (including phenoxy) is 1. The van der Waals surface area contributed by atoms with Crippen LogP contribution in [0.3, 0.4) is 0 Å². The minimum absolute atomic E-state index is 0.158. The Morgan fingerprint density at radius 2 is 2.00 bits per heavy atom. The fourth-order valence-corrected chi connectivity index (χ4v) is 1.60. The zero-order chi connectivity index (χ0) is 13.8. The number of aryl methyl sites for hydroxylation is 1. The average molecular weight is 270 g/mol. The van der Waals surface area contributed by atoms with Gasteiger partial charge >= 0.3 is 0 Å². The summed E-state index contributed by atoms with van der Waals surface area (Å²) in [5.74, 6) is 1.36. The van der Waals surface area contributed by atoms with Gasteiger partial charge in [0, 0.05) is 23.0 Å². The van der Waals surface area contributed by atoms with E-state index in [1.165, 1.54) is 0 Å². The van der Waals surface area contributed by atoms with Crippen LogP contribution in [0.4, 0.5) is 0 Å². The number of hydrogen-bond donors (Lipinski definition) is 1. The number of rotatable bonds is 5. The van der Waals surface area contributed by atoms with E-state index in [-0.39, 0.29) is 5.54 Å². The van der Waals surface area contributed by atoms with Gasteiger partial charge in [-0.3, -0.25) is 0 Å². The van der Waals surface area contributed by atoms with E-state index in [4.69, 9.17) is 16.3 Å². The molecule has 18 heavy (non-hydrogen) atoms. The van der Waals surface area contributed by atoms with Crippen molar-refractivity contribution in [1.29, 1.82) is 0 Å². The van der Waals surface area contributed by atoms with Gasteiger partial charge in [0.1, 0.15) is 5.75 Å². The third-order valence-corrected chi connectivity index (χ3v) is 3.07. The highest BCUT2D eigenvalue weighted by molar-refractivity contribution is 6.31. The summed E-state index contributed by atoms with van der Waals surface area (Å²) in [5, 5.41) is 4.26. The lowest BCUT2D eigenvalue weighted by atomic mass is 10.1. The van der Waals surface area contributed by atoms with Crippen molar-refractivity contribution in [3.8, 4) is 5.75 Å². The molecule has 0 aliphatic rings. The second kappa shape index (κ2) is 6.44. The van der Waals surface area contributed by atoms with Gasteiger partial charge in [-0.15, -0.1) is 0 Å². The minimum atomic E-state index is 0.158. The van der Waals surface area contributed by atoms with Gasteiger partial charge in [0.15, 0.2) is 0 Å². The van der Waals surface area contributed by atoms with Crippen molar-refractivity contribution in [2.24, 2.45) is 5.92 Å². The van der Waals surface area contributed by atoms with E-state index >= 15 is 0 Å². The van der Waals surface area contributed by atoms with E-state index in [1.54, 1.807) is 0 Å². The van der Waals surface area contributed by atoms with E-state index in [0.29, 0.717) is 12.5 Å². The van der Waals surface area contributed by atoms with Crippen molar-refractivity contribution < 1.29 is 4.74 Å². The summed E-state index contributed by atoms with van der Waals surface area (Å²) < 4.78 is 5.77. The van der Waals surface area contributed by atoms with Crippen molar-refractivity contribution in [3.05, 3.63) is 28.8 Å². The summed E-state index contributed by atoms with van der Waals surface area (Å²) in [5.41, 5.74) is 1.21. The van der Waals surface area contributed by atoms with E-state index in [0.717, 1.165) is 22.9 Å². The molecule has 0 aliphatic carbocycles. The molecule has 2 nitrogen and oxygen atoms in total. The van der Waals surface area contributed by atoms with Gasteiger partial charge in [0.2, 0.25) is 0 Å². The molecule has 0 radical (unpaired) electrons. The first kappa shape index (κ1) is 15.3. The summed E-state index contributed by atoms with van der Waals surface area (Å²) in [7, 11) is 0. The van der Waals surface area contributed by atoms with Crippen molar-refractivity contribution in [2.45, 2.75) is 40.2 Å². The standard InChI is InChI=1S/C15H24ClNO/c1-11(9-17-15(3,4)5)10-18-13-6-7-14(16)12(2)8-13/h6-8,11,17H,9-10H2,1-5H3. The summed E-state index contributed by atoms with van der Waals surface area (Å²) >= 11 is 5.98. The predicted octanol–water partition coefficient (Wildman–Crippen LogP) is 4.05. The van der Waals surface area contributed by atoms with Gasteiger partial charge in [0.25, 0.3) is 0 Å².